The van der Waals surface area contributed by atoms with Crippen molar-refractivity contribution in [3.8, 4) is 0 Å². The summed E-state index contributed by atoms with van der Waals surface area (Å²) in [5, 5.41) is 3.23. The smallest absolute Gasteiger partial charge is 0.106 e. The van der Waals surface area contributed by atoms with Crippen molar-refractivity contribution < 1.29 is 0 Å². The molecule has 0 saturated carbocycles. The van der Waals surface area contributed by atoms with Gasteiger partial charge in [-0.2, -0.15) is 0 Å². The minimum Gasteiger partial charge on any atom is -0.342 e. The third-order valence-corrected chi connectivity index (χ3v) is 2.82. The predicted molar refractivity (Wildman–Crippen MR) is 62.9 cm³/mol. The van der Waals surface area contributed by atoms with E-state index in [1.165, 1.54) is 5.56 Å². The molecular weight excluding hydrogens is 186 g/mol. The standard InChI is InChI=1S/C12H17N3/c1-4-12-14-10-6-5-9(8(2)13-3)7-11(10)15-12/h5-8,13H,4H2,1-3H3,(H,14,15). The zero-order valence-electron chi connectivity index (χ0n) is 9.46. The number of benzene rings is 1. The molecule has 1 heterocycles. The van der Waals surface area contributed by atoms with Crippen LogP contribution in [0.1, 0.15) is 31.3 Å². The number of aryl methyl sites for hydroxylation is 1. The summed E-state index contributed by atoms with van der Waals surface area (Å²) in [4.78, 5) is 7.81. The minimum atomic E-state index is 0.378. The molecule has 80 valence electrons. The van der Waals surface area contributed by atoms with Crippen LogP contribution in [0.5, 0.6) is 0 Å². The average Bonchev–Trinajstić information content (AvgIpc) is 2.69. The number of nitrogens with one attached hydrogen (secondary N) is 2. The van der Waals surface area contributed by atoms with Gasteiger partial charge in [-0.25, -0.2) is 4.98 Å². The number of H-pyrrole nitrogens is 1. The SMILES string of the molecule is CCc1nc2ccc(C(C)NC)cc2[nH]1. The second kappa shape index (κ2) is 4.03. The van der Waals surface area contributed by atoms with Gasteiger partial charge in [-0.1, -0.05) is 13.0 Å². The molecule has 2 aromatic rings. The lowest BCUT2D eigenvalue weighted by Gasteiger charge is -2.09. The number of nitrogens with zero attached hydrogens (tertiary/aromatic N) is 1. The molecule has 3 nitrogen and oxygen atoms in total. The van der Waals surface area contributed by atoms with Gasteiger partial charge >= 0.3 is 0 Å². The molecule has 0 saturated heterocycles. The summed E-state index contributed by atoms with van der Waals surface area (Å²) >= 11 is 0. The van der Waals surface area contributed by atoms with E-state index in [0.717, 1.165) is 23.3 Å². The van der Waals surface area contributed by atoms with E-state index in [9.17, 15) is 0 Å². The molecule has 3 heteroatoms. The highest BCUT2D eigenvalue weighted by Gasteiger charge is 2.05. The zero-order chi connectivity index (χ0) is 10.8. The average molecular weight is 203 g/mol. The molecule has 15 heavy (non-hydrogen) atoms. The van der Waals surface area contributed by atoms with Crippen LogP contribution in [0.15, 0.2) is 18.2 Å². The number of rotatable bonds is 3. The molecule has 0 aliphatic heterocycles. The molecule has 1 aromatic carbocycles. The van der Waals surface area contributed by atoms with Crippen LogP contribution in [0.4, 0.5) is 0 Å². The Bertz CT molecular complexity index is 459. The summed E-state index contributed by atoms with van der Waals surface area (Å²) in [7, 11) is 1.97. The van der Waals surface area contributed by atoms with Gasteiger partial charge < -0.3 is 10.3 Å². The fourth-order valence-corrected chi connectivity index (χ4v) is 1.68. The summed E-state index contributed by atoms with van der Waals surface area (Å²) in [6, 6.07) is 6.75. The summed E-state index contributed by atoms with van der Waals surface area (Å²) in [5.74, 6) is 1.05. The Kier molecular flexibility index (Phi) is 2.73. The van der Waals surface area contributed by atoms with E-state index >= 15 is 0 Å². The molecule has 0 aliphatic carbocycles. The van der Waals surface area contributed by atoms with Crippen LogP contribution >= 0.6 is 0 Å². The van der Waals surface area contributed by atoms with E-state index in [0.29, 0.717) is 6.04 Å². The maximum atomic E-state index is 4.48. The van der Waals surface area contributed by atoms with Crippen molar-refractivity contribution in [3.05, 3.63) is 29.6 Å². The molecule has 2 N–H and O–H groups in total. The Morgan fingerprint density at radius 2 is 2.27 bits per heavy atom. The maximum absolute atomic E-state index is 4.48. The highest BCUT2D eigenvalue weighted by Crippen LogP contribution is 2.18. The Balaban J connectivity index is 2.45. The van der Waals surface area contributed by atoms with Crippen molar-refractivity contribution in [2.75, 3.05) is 7.05 Å². The van der Waals surface area contributed by atoms with E-state index in [4.69, 9.17) is 0 Å². The van der Waals surface area contributed by atoms with Crippen molar-refractivity contribution in [2.24, 2.45) is 0 Å². The number of aromatic nitrogens is 2. The topological polar surface area (TPSA) is 40.7 Å². The zero-order valence-corrected chi connectivity index (χ0v) is 9.46. The first-order valence-electron chi connectivity index (χ1n) is 5.40. The minimum absolute atomic E-state index is 0.378. The number of hydrogen-bond donors (Lipinski definition) is 2. The third-order valence-electron chi connectivity index (χ3n) is 2.82. The lowest BCUT2D eigenvalue weighted by molar-refractivity contribution is 0.653. The monoisotopic (exact) mass is 203 g/mol. The molecule has 0 radical (unpaired) electrons. The van der Waals surface area contributed by atoms with Crippen LogP contribution in [-0.2, 0) is 6.42 Å². The molecule has 0 spiro atoms. The van der Waals surface area contributed by atoms with Crippen molar-refractivity contribution in [1.82, 2.24) is 15.3 Å². The molecule has 1 unspecified atom stereocenters. The highest BCUT2D eigenvalue weighted by atomic mass is 14.9. The normalized spacial score (nSPS) is 13.3. The lowest BCUT2D eigenvalue weighted by atomic mass is 10.1. The van der Waals surface area contributed by atoms with Gasteiger partial charge in [0.1, 0.15) is 5.82 Å². The van der Waals surface area contributed by atoms with E-state index in [1.807, 2.05) is 7.05 Å². The van der Waals surface area contributed by atoms with Gasteiger partial charge in [0.05, 0.1) is 11.0 Å². The summed E-state index contributed by atoms with van der Waals surface area (Å²) < 4.78 is 0. The quantitative estimate of drug-likeness (QED) is 0.804. The van der Waals surface area contributed by atoms with Gasteiger partial charge in [0.15, 0.2) is 0 Å². The van der Waals surface area contributed by atoms with E-state index in [-0.39, 0.29) is 0 Å². The van der Waals surface area contributed by atoms with Crippen LogP contribution in [0.3, 0.4) is 0 Å². The highest BCUT2D eigenvalue weighted by molar-refractivity contribution is 5.76. The summed E-state index contributed by atoms with van der Waals surface area (Å²) in [6.07, 6.45) is 0.950. The predicted octanol–water partition coefficient (Wildman–Crippen LogP) is 2.41. The van der Waals surface area contributed by atoms with Gasteiger partial charge in [-0.3, -0.25) is 0 Å². The van der Waals surface area contributed by atoms with Crippen molar-refractivity contribution in [2.45, 2.75) is 26.3 Å². The molecule has 0 fully saturated rings. The fourth-order valence-electron chi connectivity index (χ4n) is 1.68. The van der Waals surface area contributed by atoms with Crippen molar-refractivity contribution in [1.29, 1.82) is 0 Å². The first-order valence-corrected chi connectivity index (χ1v) is 5.40. The molecule has 0 aliphatic rings. The largest absolute Gasteiger partial charge is 0.342 e. The van der Waals surface area contributed by atoms with E-state index in [1.54, 1.807) is 0 Å². The van der Waals surface area contributed by atoms with E-state index in [2.05, 4.69) is 47.3 Å². The number of imidazole rings is 1. The Hall–Kier alpha value is -1.35. The number of hydrogen-bond acceptors (Lipinski definition) is 2. The van der Waals surface area contributed by atoms with Gasteiger partial charge in [0.2, 0.25) is 0 Å². The summed E-state index contributed by atoms with van der Waals surface area (Å²) in [6.45, 7) is 4.26. The first-order chi connectivity index (χ1) is 7.24. The van der Waals surface area contributed by atoms with Crippen LogP contribution < -0.4 is 5.32 Å². The third kappa shape index (κ3) is 1.88. The molecular formula is C12H17N3. The summed E-state index contributed by atoms with van der Waals surface area (Å²) in [5.41, 5.74) is 3.47. The van der Waals surface area contributed by atoms with Crippen LogP contribution in [-0.4, -0.2) is 17.0 Å². The molecule has 2 rings (SSSR count). The van der Waals surface area contributed by atoms with Crippen molar-refractivity contribution in [3.63, 3.8) is 0 Å². The van der Waals surface area contributed by atoms with Crippen LogP contribution in [0.2, 0.25) is 0 Å². The Morgan fingerprint density at radius 1 is 1.47 bits per heavy atom. The molecule has 0 bridgehead atoms. The van der Waals surface area contributed by atoms with Crippen LogP contribution in [0.25, 0.3) is 11.0 Å². The molecule has 0 amide bonds. The molecule has 1 atom stereocenters. The maximum Gasteiger partial charge on any atom is 0.106 e. The second-order valence-electron chi connectivity index (χ2n) is 3.82. The van der Waals surface area contributed by atoms with Gasteiger partial charge in [0.25, 0.3) is 0 Å². The Labute approximate surface area is 89.9 Å². The number of aromatic amines is 1. The fraction of sp³-hybridized carbons (Fsp3) is 0.417. The Morgan fingerprint density at radius 3 is 2.93 bits per heavy atom. The van der Waals surface area contributed by atoms with E-state index < -0.39 is 0 Å². The molecule has 1 aromatic heterocycles. The van der Waals surface area contributed by atoms with Gasteiger partial charge in [-0.15, -0.1) is 0 Å². The second-order valence-corrected chi connectivity index (χ2v) is 3.82. The lowest BCUT2D eigenvalue weighted by Crippen LogP contribution is -2.11. The number of fused-ring (bicyclic) bond motifs is 1. The van der Waals surface area contributed by atoms with Gasteiger partial charge in [0, 0.05) is 12.5 Å². The van der Waals surface area contributed by atoms with Gasteiger partial charge in [-0.05, 0) is 31.7 Å². The van der Waals surface area contributed by atoms with Crippen LogP contribution in [0, 0.1) is 0 Å². The first kappa shape index (κ1) is 10.2. The van der Waals surface area contributed by atoms with Crippen molar-refractivity contribution >= 4 is 11.0 Å².